The van der Waals surface area contributed by atoms with Gasteiger partial charge in [0.25, 0.3) is 0 Å². The number of hydrogen-bond donors (Lipinski definition) is 2. The van der Waals surface area contributed by atoms with Gasteiger partial charge in [0.15, 0.2) is 6.17 Å². The van der Waals surface area contributed by atoms with Gasteiger partial charge in [-0.1, -0.05) is 62.2 Å². The summed E-state index contributed by atoms with van der Waals surface area (Å²) in [6.07, 6.45) is 6.45. The molecular weight excluding hydrogens is 450 g/mol. The number of fused-ring (bicyclic) bond motifs is 2. The average Bonchev–Trinajstić information content (AvgIpc) is 3.66. The largest absolute Gasteiger partial charge is 0.489 e. The van der Waals surface area contributed by atoms with Crippen LogP contribution >= 0.6 is 0 Å². The van der Waals surface area contributed by atoms with Crippen LogP contribution in [0.2, 0.25) is 0 Å². The zero-order valence-electron chi connectivity index (χ0n) is 21.0. The summed E-state index contributed by atoms with van der Waals surface area (Å²) in [5.74, 6) is 3.36. The number of benzene rings is 2. The van der Waals surface area contributed by atoms with Gasteiger partial charge in [-0.15, -0.1) is 0 Å². The average molecular weight is 486 g/mol. The van der Waals surface area contributed by atoms with E-state index in [1.54, 1.807) is 0 Å². The van der Waals surface area contributed by atoms with Crippen LogP contribution in [0.3, 0.4) is 0 Å². The van der Waals surface area contributed by atoms with E-state index in [1.807, 2.05) is 40.1 Å². The second-order valence-electron chi connectivity index (χ2n) is 10.3. The lowest BCUT2D eigenvalue weighted by atomic mass is 10.1. The standard InChI is InChI=1S/C29H35N5O2/c1-2-16-33-28-25(31-26(32-28)22-10-6-7-11-22)27-30-23(18-34(27)29(33)35)17-20-12-14-24(15-13-20)36-19-21-8-4-3-5-9-21/h3-5,8-9,12-15,22-23,28,30H,2,6-7,10-11,16-19H2,1H3,(H,31,32)/t23-,28?/m0/s1. The quantitative estimate of drug-likeness (QED) is 0.573. The maximum atomic E-state index is 13.5. The van der Waals surface area contributed by atoms with Gasteiger partial charge in [-0.25, -0.2) is 9.79 Å². The highest BCUT2D eigenvalue weighted by Gasteiger charge is 2.47. The first-order valence-corrected chi connectivity index (χ1v) is 13.4. The Hall–Kier alpha value is -3.48. The van der Waals surface area contributed by atoms with Crippen LogP contribution in [0.1, 0.15) is 50.2 Å². The topological polar surface area (TPSA) is 69.2 Å². The Kier molecular flexibility index (Phi) is 6.30. The number of nitrogens with one attached hydrogen (secondary N) is 2. The van der Waals surface area contributed by atoms with Crippen LogP contribution in [0.15, 0.2) is 71.1 Å². The molecule has 4 aliphatic rings. The zero-order valence-corrected chi connectivity index (χ0v) is 21.0. The van der Waals surface area contributed by atoms with E-state index < -0.39 is 0 Å². The first-order valence-electron chi connectivity index (χ1n) is 13.4. The monoisotopic (exact) mass is 485 g/mol. The van der Waals surface area contributed by atoms with E-state index >= 15 is 0 Å². The molecule has 3 heterocycles. The van der Waals surface area contributed by atoms with Crippen molar-refractivity contribution in [3.05, 3.63) is 77.2 Å². The second kappa shape index (κ2) is 9.88. The Labute approximate surface area is 213 Å². The molecule has 1 aliphatic carbocycles. The molecule has 7 nitrogen and oxygen atoms in total. The molecule has 3 aliphatic heterocycles. The van der Waals surface area contributed by atoms with E-state index in [1.165, 1.54) is 31.2 Å². The number of nitrogens with zero attached hydrogens (tertiary/aromatic N) is 3. The lowest BCUT2D eigenvalue weighted by Gasteiger charge is -2.36. The lowest BCUT2D eigenvalue weighted by molar-refractivity contribution is 0.146. The lowest BCUT2D eigenvalue weighted by Crippen LogP contribution is -2.53. The SMILES string of the molecule is CCCN1C(=O)N2C[C@H](Cc3ccc(OCc4ccccc4)cc3)NC2=C2NC(C3CCCC3)=NC21. The first-order chi connectivity index (χ1) is 17.7. The van der Waals surface area contributed by atoms with Crippen LogP contribution in [-0.2, 0) is 13.0 Å². The molecule has 0 bridgehead atoms. The van der Waals surface area contributed by atoms with Gasteiger partial charge in [0.2, 0.25) is 0 Å². The Morgan fingerprint density at radius 2 is 1.81 bits per heavy atom. The normalized spacial score (nSPS) is 23.4. The Balaban J connectivity index is 1.14. The molecule has 2 amide bonds. The smallest absolute Gasteiger partial charge is 0.327 e. The highest BCUT2D eigenvalue weighted by atomic mass is 16.5. The van der Waals surface area contributed by atoms with Crippen LogP contribution < -0.4 is 15.4 Å². The summed E-state index contributed by atoms with van der Waals surface area (Å²) < 4.78 is 5.94. The predicted octanol–water partition coefficient (Wildman–Crippen LogP) is 4.61. The van der Waals surface area contributed by atoms with Crippen molar-refractivity contribution >= 4 is 11.9 Å². The molecule has 2 aromatic carbocycles. The molecule has 0 aromatic heterocycles. The van der Waals surface area contributed by atoms with E-state index in [0.29, 0.717) is 19.1 Å². The molecule has 1 saturated heterocycles. The van der Waals surface area contributed by atoms with Crippen LogP contribution in [-0.4, -0.2) is 47.0 Å². The van der Waals surface area contributed by atoms with E-state index in [2.05, 4.69) is 41.8 Å². The van der Waals surface area contributed by atoms with Crippen molar-refractivity contribution in [2.24, 2.45) is 10.9 Å². The molecular formula is C29H35N5O2. The molecule has 36 heavy (non-hydrogen) atoms. The number of carbonyl (C=O) groups excluding carboxylic acids is 1. The summed E-state index contributed by atoms with van der Waals surface area (Å²) in [5.41, 5.74) is 3.43. The summed E-state index contributed by atoms with van der Waals surface area (Å²) in [6.45, 7) is 4.06. The van der Waals surface area contributed by atoms with Gasteiger partial charge in [-0.05, 0) is 48.9 Å². The molecule has 2 aromatic rings. The van der Waals surface area contributed by atoms with Crippen molar-refractivity contribution in [1.29, 1.82) is 0 Å². The Bertz CT molecular complexity index is 1150. The van der Waals surface area contributed by atoms with Crippen LogP contribution in [0.25, 0.3) is 0 Å². The number of rotatable bonds is 8. The minimum absolute atomic E-state index is 0.0680. The van der Waals surface area contributed by atoms with Crippen molar-refractivity contribution in [1.82, 2.24) is 20.4 Å². The maximum Gasteiger partial charge on any atom is 0.327 e. The van der Waals surface area contributed by atoms with Crippen LogP contribution in [0.4, 0.5) is 4.79 Å². The van der Waals surface area contributed by atoms with E-state index in [4.69, 9.17) is 9.73 Å². The van der Waals surface area contributed by atoms with Gasteiger partial charge in [-0.3, -0.25) is 9.80 Å². The molecule has 1 unspecified atom stereocenters. The molecule has 2 atom stereocenters. The maximum absolute atomic E-state index is 13.5. The van der Waals surface area contributed by atoms with Crippen molar-refractivity contribution in [3.8, 4) is 5.75 Å². The van der Waals surface area contributed by atoms with Gasteiger partial charge < -0.3 is 15.4 Å². The fraction of sp³-hybridized carbons (Fsp3) is 0.448. The van der Waals surface area contributed by atoms with Gasteiger partial charge in [0.05, 0.1) is 0 Å². The third-order valence-corrected chi connectivity index (χ3v) is 7.68. The number of amides is 2. The first kappa shape index (κ1) is 23.0. The Morgan fingerprint density at radius 1 is 1.03 bits per heavy atom. The van der Waals surface area contributed by atoms with Crippen molar-refractivity contribution < 1.29 is 9.53 Å². The number of ether oxygens (including phenoxy) is 1. The van der Waals surface area contributed by atoms with Gasteiger partial charge in [0, 0.05) is 25.0 Å². The molecule has 2 fully saturated rings. The summed E-state index contributed by atoms with van der Waals surface area (Å²) in [7, 11) is 0. The molecule has 1 saturated carbocycles. The molecule has 0 radical (unpaired) electrons. The fourth-order valence-electron chi connectivity index (χ4n) is 5.85. The minimum atomic E-state index is -0.216. The number of urea groups is 1. The molecule has 0 spiro atoms. The predicted molar refractivity (Wildman–Crippen MR) is 140 cm³/mol. The third-order valence-electron chi connectivity index (χ3n) is 7.68. The molecule has 2 N–H and O–H groups in total. The van der Waals surface area contributed by atoms with Crippen LogP contribution in [0.5, 0.6) is 5.75 Å². The number of hydrogen-bond acceptors (Lipinski definition) is 5. The number of aliphatic imine (C=N–C) groups is 1. The molecule has 7 heteroatoms. The van der Waals surface area contributed by atoms with E-state index in [0.717, 1.165) is 48.1 Å². The van der Waals surface area contributed by atoms with E-state index in [-0.39, 0.29) is 18.2 Å². The fourth-order valence-corrected chi connectivity index (χ4v) is 5.85. The highest BCUT2D eigenvalue weighted by molar-refractivity contribution is 5.91. The summed E-state index contributed by atoms with van der Waals surface area (Å²) in [5, 5.41) is 7.32. The minimum Gasteiger partial charge on any atom is -0.489 e. The van der Waals surface area contributed by atoms with Gasteiger partial charge >= 0.3 is 6.03 Å². The second-order valence-corrected chi connectivity index (χ2v) is 10.3. The third kappa shape index (κ3) is 4.43. The van der Waals surface area contributed by atoms with Crippen LogP contribution in [0, 0.1) is 5.92 Å². The van der Waals surface area contributed by atoms with Crippen molar-refractivity contribution in [3.63, 3.8) is 0 Å². The zero-order chi connectivity index (χ0) is 24.5. The van der Waals surface area contributed by atoms with Crippen molar-refractivity contribution in [2.45, 2.75) is 64.3 Å². The Morgan fingerprint density at radius 3 is 2.56 bits per heavy atom. The molecule has 188 valence electrons. The summed E-state index contributed by atoms with van der Waals surface area (Å²) in [4.78, 5) is 22.4. The van der Waals surface area contributed by atoms with Gasteiger partial charge in [0.1, 0.15) is 29.7 Å². The molecule has 6 rings (SSSR count). The highest BCUT2D eigenvalue weighted by Crippen LogP contribution is 2.35. The summed E-state index contributed by atoms with van der Waals surface area (Å²) in [6, 6.07) is 18.7. The number of amidine groups is 1. The van der Waals surface area contributed by atoms with Crippen molar-refractivity contribution in [2.75, 3.05) is 13.1 Å². The van der Waals surface area contributed by atoms with Gasteiger partial charge in [-0.2, -0.15) is 0 Å². The van der Waals surface area contributed by atoms with E-state index in [9.17, 15) is 4.79 Å². The number of carbonyl (C=O) groups is 1. The summed E-state index contributed by atoms with van der Waals surface area (Å²) >= 11 is 0.